The first-order chi connectivity index (χ1) is 15.9. The number of benzene rings is 1. The minimum Gasteiger partial charge on any atom is -0.493 e. The molecule has 0 bridgehead atoms. The topological polar surface area (TPSA) is 111 Å². The highest BCUT2D eigenvalue weighted by Crippen LogP contribution is 2.56. The molecule has 8 nitrogen and oxygen atoms in total. The number of carbonyl (C=O) groups excluding carboxylic acids is 1. The van der Waals surface area contributed by atoms with Gasteiger partial charge in [-0.25, -0.2) is 14.2 Å². The zero-order valence-electron chi connectivity index (χ0n) is 18.3. The Morgan fingerprint density at radius 1 is 1.26 bits per heavy atom. The molecule has 2 aliphatic rings. The maximum absolute atomic E-state index is 14.5. The van der Waals surface area contributed by atoms with Crippen molar-refractivity contribution in [2.75, 3.05) is 23.1 Å². The van der Waals surface area contributed by atoms with Gasteiger partial charge in [0.1, 0.15) is 18.0 Å². The van der Waals surface area contributed by atoms with E-state index in [0.717, 1.165) is 20.1 Å². The number of halogens is 5. The molecule has 3 heterocycles. The molecular formula is C21H22F5N5O3. The Morgan fingerprint density at radius 3 is 2.59 bits per heavy atom. The van der Waals surface area contributed by atoms with Crippen LogP contribution in [0.5, 0.6) is 5.75 Å². The first-order valence-electron chi connectivity index (χ1n) is 10.2. The summed E-state index contributed by atoms with van der Waals surface area (Å²) in [4.78, 5) is 15.3. The summed E-state index contributed by atoms with van der Waals surface area (Å²) in [7, 11) is 1.11. The van der Waals surface area contributed by atoms with E-state index in [-0.39, 0.29) is 11.4 Å². The zero-order valence-corrected chi connectivity index (χ0v) is 18.3. The van der Waals surface area contributed by atoms with Gasteiger partial charge in [0.15, 0.2) is 23.0 Å². The monoisotopic (exact) mass is 487 g/mol. The maximum atomic E-state index is 14.5. The lowest BCUT2D eigenvalue weighted by molar-refractivity contribution is -0.274. The van der Waals surface area contributed by atoms with Gasteiger partial charge in [-0.2, -0.15) is 17.6 Å². The van der Waals surface area contributed by atoms with Crippen LogP contribution in [0.4, 0.5) is 43.9 Å². The molecule has 34 heavy (non-hydrogen) atoms. The molecule has 0 radical (unpaired) electrons. The normalized spacial score (nSPS) is 28.1. The lowest BCUT2D eigenvalue weighted by atomic mass is 9.76. The third-order valence-corrected chi connectivity index (χ3v) is 6.48. The first kappa shape index (κ1) is 23.8. The van der Waals surface area contributed by atoms with Crippen molar-refractivity contribution in [3.05, 3.63) is 41.6 Å². The van der Waals surface area contributed by atoms with E-state index in [1.807, 2.05) is 0 Å². The number of alkyl halides is 3. The molecule has 2 amide bonds. The van der Waals surface area contributed by atoms with E-state index in [4.69, 9.17) is 15.2 Å². The molecule has 184 valence electrons. The minimum atomic E-state index is -4.77. The molecule has 1 aromatic heterocycles. The van der Waals surface area contributed by atoms with E-state index in [9.17, 15) is 26.7 Å². The number of nitrogens with two attached hydrogens (primary N) is 1. The Balaban J connectivity index is 1.79. The summed E-state index contributed by atoms with van der Waals surface area (Å²) < 4.78 is 81.5. The molecule has 13 heteroatoms. The van der Waals surface area contributed by atoms with Gasteiger partial charge in [-0.1, -0.05) is 13.0 Å². The molecule has 1 unspecified atom stereocenters. The standard InChI is InChI=1S/C21H22F5N5O3/c1-8-12(9-4-5-10(22)13(23)15(9)33-3)16(34-20(8,2)21(24,25)26)18-29-11-6-7-28-17(14(11)30-18)31-19(27)32/h4-8,12,16,18,29-30H,1-3H3,(H3,27,28,31,32)/t8-,12-,16+,18?,20+/m0/s1. The number of hydrogen-bond acceptors (Lipinski definition) is 6. The summed E-state index contributed by atoms with van der Waals surface area (Å²) >= 11 is 0. The van der Waals surface area contributed by atoms with E-state index in [1.54, 1.807) is 6.07 Å². The molecule has 5 atom stereocenters. The largest absolute Gasteiger partial charge is 0.493 e. The Hall–Kier alpha value is -3.35. The average Bonchev–Trinajstić information content (AvgIpc) is 3.30. The number of hydrogen-bond donors (Lipinski definition) is 4. The number of carbonyl (C=O) groups is 1. The van der Waals surface area contributed by atoms with Crippen LogP contribution in [0.15, 0.2) is 24.4 Å². The van der Waals surface area contributed by atoms with Crippen molar-refractivity contribution in [1.29, 1.82) is 0 Å². The molecule has 0 spiro atoms. The van der Waals surface area contributed by atoms with Gasteiger partial charge in [0.25, 0.3) is 0 Å². The van der Waals surface area contributed by atoms with Crippen LogP contribution in [0, 0.1) is 17.6 Å². The molecule has 2 aliphatic heterocycles. The van der Waals surface area contributed by atoms with Crippen molar-refractivity contribution >= 4 is 23.2 Å². The predicted molar refractivity (Wildman–Crippen MR) is 113 cm³/mol. The number of primary amides is 1. The first-order valence-corrected chi connectivity index (χ1v) is 10.2. The number of anilines is 3. The fourth-order valence-corrected chi connectivity index (χ4v) is 4.62. The maximum Gasteiger partial charge on any atom is 0.417 e. The van der Waals surface area contributed by atoms with Crippen LogP contribution < -0.4 is 26.4 Å². The van der Waals surface area contributed by atoms with E-state index in [2.05, 4.69) is 20.9 Å². The summed E-state index contributed by atoms with van der Waals surface area (Å²) in [6, 6.07) is 2.69. The van der Waals surface area contributed by atoms with Gasteiger partial charge in [0.2, 0.25) is 5.82 Å². The van der Waals surface area contributed by atoms with Gasteiger partial charge < -0.3 is 25.8 Å². The van der Waals surface area contributed by atoms with Crippen LogP contribution in [-0.4, -0.2) is 42.2 Å². The molecule has 4 rings (SSSR count). The molecule has 1 fully saturated rings. The lowest BCUT2D eigenvalue weighted by Crippen LogP contribution is -2.48. The van der Waals surface area contributed by atoms with Gasteiger partial charge in [-0.15, -0.1) is 0 Å². The van der Waals surface area contributed by atoms with E-state index in [0.29, 0.717) is 11.4 Å². The van der Waals surface area contributed by atoms with E-state index >= 15 is 0 Å². The number of nitrogens with one attached hydrogen (secondary N) is 3. The van der Waals surface area contributed by atoms with Crippen molar-refractivity contribution in [3.63, 3.8) is 0 Å². The second kappa shape index (κ2) is 8.15. The highest BCUT2D eigenvalue weighted by Gasteiger charge is 2.66. The fourth-order valence-electron chi connectivity index (χ4n) is 4.62. The Labute approximate surface area is 191 Å². The van der Waals surface area contributed by atoms with Gasteiger partial charge >= 0.3 is 12.2 Å². The Bertz CT molecular complexity index is 1130. The van der Waals surface area contributed by atoms with Crippen LogP contribution in [0.1, 0.15) is 25.3 Å². The van der Waals surface area contributed by atoms with Gasteiger partial charge in [-0.3, -0.25) is 5.32 Å². The third kappa shape index (κ3) is 3.63. The number of ether oxygens (including phenoxy) is 2. The van der Waals surface area contributed by atoms with Crippen molar-refractivity contribution in [1.82, 2.24) is 4.98 Å². The second-order valence-electron chi connectivity index (χ2n) is 8.32. The summed E-state index contributed by atoms with van der Waals surface area (Å²) in [5.41, 5.74) is 3.30. The highest BCUT2D eigenvalue weighted by molar-refractivity contribution is 5.94. The smallest absolute Gasteiger partial charge is 0.417 e. The zero-order chi connectivity index (χ0) is 25.0. The van der Waals surface area contributed by atoms with Crippen LogP contribution in [-0.2, 0) is 4.74 Å². The van der Waals surface area contributed by atoms with Gasteiger partial charge in [0.05, 0.1) is 12.8 Å². The number of rotatable bonds is 4. The molecule has 1 saturated heterocycles. The van der Waals surface area contributed by atoms with Crippen molar-refractivity contribution < 1.29 is 36.2 Å². The Kier molecular flexibility index (Phi) is 5.70. The summed E-state index contributed by atoms with van der Waals surface area (Å²) in [6.07, 6.45) is -5.58. The third-order valence-electron chi connectivity index (χ3n) is 6.48. The Morgan fingerprint density at radius 2 is 1.97 bits per heavy atom. The number of methoxy groups -OCH3 is 1. The predicted octanol–water partition coefficient (Wildman–Crippen LogP) is 4.16. The molecule has 1 aromatic carbocycles. The fraction of sp³-hybridized carbons (Fsp3) is 0.429. The van der Waals surface area contributed by atoms with Crippen molar-refractivity contribution in [2.45, 2.75) is 43.8 Å². The summed E-state index contributed by atoms with van der Waals surface area (Å²) in [5.74, 6) is -5.22. The second-order valence-corrected chi connectivity index (χ2v) is 8.32. The molecular weight excluding hydrogens is 465 g/mol. The number of amides is 2. The van der Waals surface area contributed by atoms with Crippen molar-refractivity contribution in [2.24, 2.45) is 11.7 Å². The number of aromatic nitrogens is 1. The van der Waals surface area contributed by atoms with Crippen LogP contribution in [0.25, 0.3) is 0 Å². The molecule has 0 saturated carbocycles. The highest BCUT2D eigenvalue weighted by atomic mass is 19.4. The van der Waals surface area contributed by atoms with Gasteiger partial charge in [-0.05, 0) is 19.1 Å². The number of pyridine rings is 1. The van der Waals surface area contributed by atoms with Crippen LogP contribution in [0.2, 0.25) is 0 Å². The molecule has 2 aromatic rings. The molecule has 0 aliphatic carbocycles. The summed E-state index contributed by atoms with van der Waals surface area (Å²) in [5, 5.41) is 8.33. The van der Waals surface area contributed by atoms with Crippen LogP contribution in [0.3, 0.4) is 0 Å². The number of fused-ring (bicyclic) bond motifs is 1. The van der Waals surface area contributed by atoms with Gasteiger partial charge in [0, 0.05) is 23.6 Å². The number of nitrogens with zero attached hydrogens (tertiary/aromatic N) is 1. The van der Waals surface area contributed by atoms with Crippen LogP contribution >= 0.6 is 0 Å². The average molecular weight is 487 g/mol. The number of urea groups is 1. The van der Waals surface area contributed by atoms with E-state index in [1.165, 1.54) is 19.2 Å². The minimum absolute atomic E-state index is 0.0278. The molecule has 5 N–H and O–H groups in total. The summed E-state index contributed by atoms with van der Waals surface area (Å²) in [6.45, 7) is 2.25. The lowest BCUT2D eigenvalue weighted by Gasteiger charge is -2.32. The van der Waals surface area contributed by atoms with E-state index < -0.39 is 59.3 Å². The quantitative estimate of drug-likeness (QED) is 0.482. The van der Waals surface area contributed by atoms with Crippen molar-refractivity contribution in [3.8, 4) is 5.75 Å². The SMILES string of the molecule is COc1c([C@H]2[C@H](C3Nc4ccnc(NC(N)=O)c4N3)O[C@@](C)(C(F)(F)F)[C@H]2C)ccc(F)c1F.